The first kappa shape index (κ1) is 30.7. The van der Waals surface area contributed by atoms with Crippen LogP contribution in [0, 0.1) is 17.3 Å². The monoisotopic (exact) mass is 593 g/mol. The SMILES string of the molecule is CCC(=O)O[C@H]1CC[C@H](C)[C@@]23C[C@H]([C@H](OC(C)=O)[C@@H](OC(=O)c4ccccc4)[C@]12COC(=O)c1cccnc1)C(C)(C)O3. The van der Waals surface area contributed by atoms with Crippen molar-refractivity contribution in [2.45, 2.75) is 89.8 Å². The summed E-state index contributed by atoms with van der Waals surface area (Å²) in [5, 5.41) is 0. The molecule has 0 unspecified atom stereocenters. The highest BCUT2D eigenvalue weighted by Crippen LogP contribution is 2.67. The van der Waals surface area contributed by atoms with Crippen molar-refractivity contribution in [1.29, 1.82) is 0 Å². The molecule has 1 saturated heterocycles. The summed E-state index contributed by atoms with van der Waals surface area (Å²) in [5.74, 6) is -2.78. The third-order valence-electron chi connectivity index (χ3n) is 9.53. The van der Waals surface area contributed by atoms with E-state index in [0.29, 0.717) is 24.8 Å². The average molecular weight is 594 g/mol. The summed E-state index contributed by atoms with van der Waals surface area (Å²) in [6.45, 7) is 8.57. The number of pyridine rings is 1. The quantitative estimate of drug-likeness (QED) is 0.314. The van der Waals surface area contributed by atoms with Gasteiger partial charge in [0.2, 0.25) is 0 Å². The average Bonchev–Trinajstić information content (AvgIpc) is 3.26. The summed E-state index contributed by atoms with van der Waals surface area (Å²) in [6.07, 6.45) is 1.51. The number of esters is 4. The first-order valence-corrected chi connectivity index (χ1v) is 14.8. The Balaban J connectivity index is 1.70. The lowest BCUT2D eigenvalue weighted by molar-refractivity contribution is -0.287. The lowest BCUT2D eigenvalue weighted by Crippen LogP contribution is -2.74. The smallest absolute Gasteiger partial charge is 0.339 e. The number of aromatic nitrogens is 1. The highest BCUT2D eigenvalue weighted by Gasteiger charge is 2.79. The van der Waals surface area contributed by atoms with Crippen molar-refractivity contribution in [2.75, 3.05) is 6.61 Å². The third kappa shape index (κ3) is 5.30. The van der Waals surface area contributed by atoms with Gasteiger partial charge in [0, 0.05) is 31.7 Å². The van der Waals surface area contributed by atoms with Gasteiger partial charge in [0.15, 0.2) is 6.10 Å². The predicted octanol–water partition coefficient (Wildman–Crippen LogP) is 4.70. The number of rotatable bonds is 8. The number of carbonyl (C=O) groups excluding carboxylic acids is 4. The van der Waals surface area contributed by atoms with Crippen LogP contribution in [0.3, 0.4) is 0 Å². The Morgan fingerprint density at radius 1 is 0.953 bits per heavy atom. The molecule has 2 bridgehead atoms. The second-order valence-corrected chi connectivity index (χ2v) is 12.3. The number of nitrogens with zero attached hydrogens (tertiary/aromatic N) is 1. The first-order valence-electron chi connectivity index (χ1n) is 14.8. The largest absolute Gasteiger partial charge is 0.461 e. The fourth-order valence-corrected chi connectivity index (χ4v) is 7.53. The van der Waals surface area contributed by atoms with E-state index in [-0.39, 0.29) is 30.4 Å². The van der Waals surface area contributed by atoms with Crippen molar-refractivity contribution in [1.82, 2.24) is 4.98 Å². The molecular formula is C33H39NO9. The second kappa shape index (κ2) is 11.7. The van der Waals surface area contributed by atoms with E-state index >= 15 is 0 Å². The summed E-state index contributed by atoms with van der Waals surface area (Å²) < 4.78 is 31.5. The Kier molecular flexibility index (Phi) is 8.35. The molecule has 2 saturated carbocycles. The van der Waals surface area contributed by atoms with E-state index in [4.69, 9.17) is 23.7 Å². The van der Waals surface area contributed by atoms with Gasteiger partial charge in [0.05, 0.1) is 22.3 Å². The van der Waals surface area contributed by atoms with Crippen LogP contribution >= 0.6 is 0 Å². The molecule has 0 radical (unpaired) electrons. The molecule has 43 heavy (non-hydrogen) atoms. The molecule has 3 fully saturated rings. The van der Waals surface area contributed by atoms with Gasteiger partial charge in [-0.25, -0.2) is 9.59 Å². The van der Waals surface area contributed by atoms with E-state index in [2.05, 4.69) is 11.9 Å². The normalized spacial score (nSPS) is 32.2. The van der Waals surface area contributed by atoms with Crippen LogP contribution < -0.4 is 0 Å². The van der Waals surface area contributed by atoms with Crippen molar-refractivity contribution < 1.29 is 42.9 Å². The number of fused-ring (bicyclic) bond motifs is 1. The highest BCUT2D eigenvalue weighted by molar-refractivity contribution is 5.90. The number of benzene rings is 1. The van der Waals surface area contributed by atoms with Crippen LogP contribution in [-0.2, 0) is 33.3 Å². The van der Waals surface area contributed by atoms with Crippen molar-refractivity contribution in [3.8, 4) is 0 Å². The first-order chi connectivity index (χ1) is 20.4. The summed E-state index contributed by atoms with van der Waals surface area (Å²) in [7, 11) is 0. The molecule has 5 rings (SSSR count). The van der Waals surface area contributed by atoms with Crippen LogP contribution in [0.1, 0.15) is 81.0 Å². The molecule has 1 aromatic carbocycles. The molecule has 7 atom stereocenters. The maximum absolute atomic E-state index is 13.8. The van der Waals surface area contributed by atoms with E-state index in [1.54, 1.807) is 55.6 Å². The minimum Gasteiger partial charge on any atom is -0.461 e. The minimum absolute atomic E-state index is 0.110. The number of hydrogen-bond acceptors (Lipinski definition) is 10. The molecule has 2 aromatic rings. The van der Waals surface area contributed by atoms with Crippen molar-refractivity contribution in [3.05, 3.63) is 66.0 Å². The molecule has 1 aromatic heterocycles. The van der Waals surface area contributed by atoms with Crippen LogP contribution in [-0.4, -0.2) is 65.0 Å². The molecule has 2 heterocycles. The maximum atomic E-state index is 13.8. The number of hydrogen-bond donors (Lipinski definition) is 0. The van der Waals surface area contributed by atoms with Gasteiger partial charge in [-0.15, -0.1) is 0 Å². The van der Waals surface area contributed by atoms with Gasteiger partial charge in [-0.2, -0.15) is 0 Å². The fourth-order valence-electron chi connectivity index (χ4n) is 7.53. The van der Waals surface area contributed by atoms with E-state index in [9.17, 15) is 19.2 Å². The lowest BCUT2D eigenvalue weighted by Gasteiger charge is -2.61. The van der Waals surface area contributed by atoms with Gasteiger partial charge in [0.25, 0.3) is 0 Å². The Bertz CT molecular complexity index is 1360. The molecule has 230 valence electrons. The summed E-state index contributed by atoms with van der Waals surface area (Å²) >= 11 is 0. The highest BCUT2D eigenvalue weighted by atomic mass is 16.6. The number of carbonyl (C=O) groups is 4. The molecule has 10 heteroatoms. The van der Waals surface area contributed by atoms with Gasteiger partial charge < -0.3 is 23.7 Å². The zero-order valence-electron chi connectivity index (χ0n) is 25.2. The standard InChI is InChI=1S/C33H39NO9/c1-6-26(36)41-25-15-14-20(2)33-17-24(31(4,5)43-33)27(40-21(3)35)28(42-30(38)22-11-8-7-9-12-22)32(25,33)19-39-29(37)23-13-10-16-34-18-23/h7-13,16,18,20,24-25,27-28H,6,14-15,17,19H2,1-5H3/t20-,24+,25-,27-,28+,32-,33-/m0/s1. The second-order valence-electron chi connectivity index (χ2n) is 12.3. The zero-order valence-corrected chi connectivity index (χ0v) is 25.2. The van der Waals surface area contributed by atoms with E-state index in [1.165, 1.54) is 13.1 Å². The van der Waals surface area contributed by atoms with Gasteiger partial charge in [-0.3, -0.25) is 14.6 Å². The molecule has 3 aliphatic rings. The molecule has 2 aliphatic carbocycles. The minimum atomic E-state index is -1.41. The zero-order chi connectivity index (χ0) is 31.0. The van der Waals surface area contributed by atoms with Gasteiger partial charge in [0.1, 0.15) is 24.2 Å². The van der Waals surface area contributed by atoms with Crippen molar-refractivity contribution >= 4 is 23.9 Å². The topological polar surface area (TPSA) is 127 Å². The van der Waals surface area contributed by atoms with E-state index in [0.717, 1.165) is 0 Å². The van der Waals surface area contributed by atoms with Crippen LogP contribution in [0.5, 0.6) is 0 Å². The van der Waals surface area contributed by atoms with Crippen LogP contribution in [0.15, 0.2) is 54.9 Å². The third-order valence-corrected chi connectivity index (χ3v) is 9.53. The van der Waals surface area contributed by atoms with E-state index < -0.39 is 58.8 Å². The van der Waals surface area contributed by atoms with Crippen molar-refractivity contribution in [2.24, 2.45) is 17.3 Å². The van der Waals surface area contributed by atoms with Crippen LogP contribution in [0.25, 0.3) is 0 Å². The summed E-state index contributed by atoms with van der Waals surface area (Å²) in [6, 6.07) is 11.7. The summed E-state index contributed by atoms with van der Waals surface area (Å²) in [5.41, 5.74) is -2.76. The lowest BCUT2D eigenvalue weighted by atomic mass is 9.49. The maximum Gasteiger partial charge on any atom is 0.339 e. The fraction of sp³-hybridized carbons (Fsp3) is 0.545. The molecule has 10 nitrogen and oxygen atoms in total. The van der Waals surface area contributed by atoms with Gasteiger partial charge in [-0.1, -0.05) is 32.0 Å². The molecule has 0 N–H and O–H groups in total. The van der Waals surface area contributed by atoms with Crippen molar-refractivity contribution in [3.63, 3.8) is 0 Å². The van der Waals surface area contributed by atoms with E-state index in [1.807, 2.05) is 13.8 Å². The Morgan fingerprint density at radius 2 is 1.67 bits per heavy atom. The Morgan fingerprint density at radius 3 is 2.33 bits per heavy atom. The Labute approximate surface area is 251 Å². The molecule has 1 spiro atoms. The van der Waals surface area contributed by atoms with Crippen LogP contribution in [0.2, 0.25) is 0 Å². The molecule has 1 aliphatic heterocycles. The summed E-state index contributed by atoms with van der Waals surface area (Å²) in [4.78, 5) is 56.6. The van der Waals surface area contributed by atoms with Gasteiger partial charge in [-0.05, 0) is 63.3 Å². The molecular weight excluding hydrogens is 554 g/mol. The van der Waals surface area contributed by atoms with Gasteiger partial charge >= 0.3 is 23.9 Å². The number of ether oxygens (including phenoxy) is 5. The Hall–Kier alpha value is -3.79. The molecule has 0 amide bonds. The predicted molar refractivity (Wildman–Crippen MR) is 153 cm³/mol. The van der Waals surface area contributed by atoms with Crippen LogP contribution in [0.4, 0.5) is 0 Å².